The average molecular weight is 373 g/mol. The number of hydrogen-bond acceptors (Lipinski definition) is 3. The molecular formula is C20H21F2N3O2. The first kappa shape index (κ1) is 18.9. The zero-order valence-electron chi connectivity index (χ0n) is 15.0. The molecule has 0 atom stereocenters. The third-order valence-electron chi connectivity index (χ3n) is 5.02. The lowest BCUT2D eigenvalue weighted by atomic mass is 9.91. The Balaban J connectivity index is 1.62. The van der Waals surface area contributed by atoms with E-state index in [1.54, 1.807) is 36.2 Å². The molecule has 1 fully saturated rings. The smallest absolute Gasteiger partial charge is 0.321 e. The second-order valence-electron chi connectivity index (χ2n) is 6.84. The minimum Gasteiger partial charge on any atom is -0.325 e. The molecule has 0 unspecified atom stereocenters. The highest BCUT2D eigenvalue weighted by Crippen LogP contribution is 2.26. The van der Waals surface area contributed by atoms with E-state index in [0.717, 1.165) is 18.9 Å². The molecule has 142 valence electrons. The molecule has 2 aromatic carbocycles. The quantitative estimate of drug-likeness (QED) is 0.751. The molecule has 0 saturated heterocycles. The minimum absolute atomic E-state index is 0.0811. The number of rotatable bonds is 4. The van der Waals surface area contributed by atoms with Gasteiger partial charge in [-0.15, -0.1) is 0 Å². The summed E-state index contributed by atoms with van der Waals surface area (Å²) in [5.41, 5.74) is 1.68. The standard InChI is InChI=1S/C20H21F2N3O2/c1-25(19-8-6-18(24-27)7-9-19)20(26)23-17-4-2-13(3-5-17)14-10-15(21)12-16(22)11-14/h2-5,10-12,18-19H,6-9H2,1H3,(H,23,26). The molecule has 0 heterocycles. The normalized spacial score (nSPS) is 19.4. The maximum Gasteiger partial charge on any atom is 0.321 e. The predicted octanol–water partition coefficient (Wildman–Crippen LogP) is 5.17. The number of anilines is 1. The van der Waals surface area contributed by atoms with E-state index < -0.39 is 11.6 Å². The number of nitrogens with zero attached hydrogens (tertiary/aromatic N) is 2. The summed E-state index contributed by atoms with van der Waals surface area (Å²) in [6.07, 6.45) is 2.91. The molecule has 0 aromatic heterocycles. The molecule has 0 spiro atoms. The van der Waals surface area contributed by atoms with Crippen LogP contribution in [-0.4, -0.2) is 30.1 Å². The second kappa shape index (κ2) is 8.24. The largest absolute Gasteiger partial charge is 0.325 e. The second-order valence-corrected chi connectivity index (χ2v) is 6.84. The molecule has 1 aliphatic carbocycles. The van der Waals surface area contributed by atoms with Crippen LogP contribution < -0.4 is 5.32 Å². The Morgan fingerprint density at radius 1 is 1.00 bits per heavy atom. The van der Waals surface area contributed by atoms with Crippen molar-refractivity contribution < 1.29 is 13.6 Å². The zero-order valence-corrected chi connectivity index (χ0v) is 15.0. The zero-order chi connectivity index (χ0) is 19.4. The highest BCUT2D eigenvalue weighted by atomic mass is 19.1. The molecule has 1 N–H and O–H groups in total. The van der Waals surface area contributed by atoms with Gasteiger partial charge in [0.2, 0.25) is 0 Å². The summed E-state index contributed by atoms with van der Waals surface area (Å²) >= 11 is 0. The van der Waals surface area contributed by atoms with Gasteiger partial charge in [-0.25, -0.2) is 13.6 Å². The Morgan fingerprint density at radius 2 is 1.59 bits per heavy atom. The van der Waals surface area contributed by atoms with E-state index in [1.165, 1.54) is 12.1 Å². The molecule has 1 aliphatic rings. The number of benzene rings is 2. The average Bonchev–Trinajstić information content (AvgIpc) is 2.67. The molecule has 1 saturated carbocycles. The van der Waals surface area contributed by atoms with E-state index in [4.69, 9.17) is 0 Å². The van der Waals surface area contributed by atoms with Crippen molar-refractivity contribution in [3.05, 3.63) is 59.0 Å². The van der Waals surface area contributed by atoms with Gasteiger partial charge in [0.25, 0.3) is 0 Å². The summed E-state index contributed by atoms with van der Waals surface area (Å²) in [7, 11) is 1.73. The number of carbonyl (C=O) groups excluding carboxylic acids is 1. The SMILES string of the molecule is CN(C(=O)Nc1ccc(-c2cc(F)cc(F)c2)cc1)C1CCC(N=O)CC1. The summed E-state index contributed by atoms with van der Waals surface area (Å²) in [5, 5.41) is 5.90. The Morgan fingerprint density at radius 3 is 2.15 bits per heavy atom. The van der Waals surface area contributed by atoms with E-state index in [0.29, 0.717) is 29.7 Å². The Kier molecular flexibility index (Phi) is 5.78. The maximum absolute atomic E-state index is 13.4. The van der Waals surface area contributed by atoms with Crippen molar-refractivity contribution >= 4 is 11.7 Å². The Hall–Kier alpha value is -2.83. The van der Waals surface area contributed by atoms with Crippen molar-refractivity contribution in [2.24, 2.45) is 5.18 Å². The molecule has 0 aliphatic heterocycles. The van der Waals surface area contributed by atoms with Crippen LogP contribution in [0.25, 0.3) is 11.1 Å². The third-order valence-corrected chi connectivity index (χ3v) is 5.02. The first-order chi connectivity index (χ1) is 13.0. The van der Waals surface area contributed by atoms with Crippen molar-refractivity contribution in [3.63, 3.8) is 0 Å². The van der Waals surface area contributed by atoms with Crippen LogP contribution in [-0.2, 0) is 0 Å². The summed E-state index contributed by atoms with van der Waals surface area (Å²) in [6.45, 7) is 0. The summed E-state index contributed by atoms with van der Waals surface area (Å²) in [5.74, 6) is -1.27. The van der Waals surface area contributed by atoms with Crippen molar-refractivity contribution in [1.29, 1.82) is 0 Å². The summed E-state index contributed by atoms with van der Waals surface area (Å²) in [6, 6.07) is 9.83. The first-order valence-electron chi connectivity index (χ1n) is 8.89. The van der Waals surface area contributed by atoms with Crippen LogP contribution in [0.2, 0.25) is 0 Å². The number of hydrogen-bond donors (Lipinski definition) is 1. The number of halogens is 2. The van der Waals surface area contributed by atoms with Gasteiger partial charge in [0.15, 0.2) is 0 Å². The van der Waals surface area contributed by atoms with Crippen molar-refractivity contribution in [2.45, 2.75) is 37.8 Å². The topological polar surface area (TPSA) is 61.8 Å². The van der Waals surface area contributed by atoms with Crippen LogP contribution in [0.5, 0.6) is 0 Å². The first-order valence-corrected chi connectivity index (χ1v) is 8.89. The van der Waals surface area contributed by atoms with Gasteiger partial charge in [-0.1, -0.05) is 17.3 Å². The van der Waals surface area contributed by atoms with E-state index in [-0.39, 0.29) is 18.1 Å². The van der Waals surface area contributed by atoms with Gasteiger partial charge >= 0.3 is 6.03 Å². The van der Waals surface area contributed by atoms with Gasteiger partial charge in [-0.2, -0.15) is 4.91 Å². The van der Waals surface area contributed by atoms with Crippen molar-refractivity contribution in [2.75, 3.05) is 12.4 Å². The molecule has 2 amide bonds. The Bertz CT molecular complexity index is 798. The fraction of sp³-hybridized carbons (Fsp3) is 0.350. The predicted molar refractivity (Wildman–Crippen MR) is 100 cm³/mol. The van der Waals surface area contributed by atoms with Crippen molar-refractivity contribution in [3.8, 4) is 11.1 Å². The maximum atomic E-state index is 13.4. The lowest BCUT2D eigenvalue weighted by Gasteiger charge is -2.32. The van der Waals surface area contributed by atoms with Crippen LogP contribution in [0.4, 0.5) is 19.3 Å². The molecule has 0 bridgehead atoms. The lowest BCUT2D eigenvalue weighted by Crippen LogP contribution is -2.42. The lowest BCUT2D eigenvalue weighted by molar-refractivity contribution is 0.182. The fourth-order valence-corrected chi connectivity index (χ4v) is 3.39. The van der Waals surface area contributed by atoms with Gasteiger partial charge in [-0.3, -0.25) is 0 Å². The molecule has 7 heteroatoms. The van der Waals surface area contributed by atoms with Crippen LogP contribution in [0.15, 0.2) is 47.6 Å². The van der Waals surface area contributed by atoms with Gasteiger partial charge < -0.3 is 10.2 Å². The van der Waals surface area contributed by atoms with E-state index >= 15 is 0 Å². The van der Waals surface area contributed by atoms with Crippen LogP contribution in [0, 0.1) is 16.5 Å². The highest BCUT2D eigenvalue weighted by molar-refractivity contribution is 5.89. The number of amides is 2. The number of nitrogens with one attached hydrogen (secondary N) is 1. The monoisotopic (exact) mass is 373 g/mol. The van der Waals surface area contributed by atoms with Crippen LogP contribution in [0.1, 0.15) is 25.7 Å². The number of carbonyl (C=O) groups is 1. The van der Waals surface area contributed by atoms with Crippen LogP contribution >= 0.6 is 0 Å². The van der Waals surface area contributed by atoms with E-state index in [9.17, 15) is 18.5 Å². The number of urea groups is 1. The minimum atomic E-state index is -0.636. The molecule has 3 rings (SSSR count). The van der Waals surface area contributed by atoms with Crippen LogP contribution in [0.3, 0.4) is 0 Å². The molecule has 2 aromatic rings. The molecule has 0 radical (unpaired) electrons. The van der Waals surface area contributed by atoms with E-state index in [1.807, 2.05) is 0 Å². The highest BCUT2D eigenvalue weighted by Gasteiger charge is 2.27. The summed E-state index contributed by atoms with van der Waals surface area (Å²) < 4.78 is 26.7. The van der Waals surface area contributed by atoms with Gasteiger partial charge in [-0.05, 0) is 61.1 Å². The molecule has 27 heavy (non-hydrogen) atoms. The molecular weight excluding hydrogens is 352 g/mol. The fourth-order valence-electron chi connectivity index (χ4n) is 3.39. The Labute approximate surface area is 156 Å². The summed E-state index contributed by atoms with van der Waals surface area (Å²) in [4.78, 5) is 24.7. The number of nitroso groups, excluding NO2 is 1. The third kappa shape index (κ3) is 4.67. The van der Waals surface area contributed by atoms with Crippen molar-refractivity contribution in [1.82, 2.24) is 4.90 Å². The van der Waals surface area contributed by atoms with Gasteiger partial charge in [0.05, 0.1) is 6.04 Å². The van der Waals surface area contributed by atoms with Gasteiger partial charge in [0.1, 0.15) is 11.6 Å². The van der Waals surface area contributed by atoms with Gasteiger partial charge in [0, 0.05) is 24.8 Å². The van der Waals surface area contributed by atoms with E-state index in [2.05, 4.69) is 10.5 Å². The molecule has 5 nitrogen and oxygen atoms in total.